The Morgan fingerprint density at radius 2 is 0.810 bits per heavy atom. The molecule has 1 N–H and O–H groups in total. The van der Waals surface area contributed by atoms with Crippen molar-refractivity contribution >= 4 is 19.7 Å². The predicted octanol–water partition coefficient (Wildman–Crippen LogP) is 19.5. The number of allylic oxidation sites excluding steroid dienone is 17. The van der Waals surface area contributed by atoms with E-state index in [-0.39, 0.29) is 24.9 Å². The molecule has 0 aromatic carbocycles. The number of unbranched alkanes of at least 4 members (excludes halogenated alkanes) is 25. The molecule has 79 heavy (non-hydrogen) atoms. The highest BCUT2D eigenvalue weighted by Gasteiger charge is 2.27. The van der Waals surface area contributed by atoms with Crippen LogP contribution in [0.4, 0.5) is 0 Å². The van der Waals surface area contributed by atoms with E-state index in [9.17, 15) is 19.0 Å². The average molecular weight is 1120 g/mol. The molecule has 1 amide bonds. The van der Waals surface area contributed by atoms with E-state index in [0.29, 0.717) is 23.9 Å². The van der Waals surface area contributed by atoms with Gasteiger partial charge < -0.3 is 28.5 Å². The number of nitrogens with zero attached hydrogens (tertiary/aromatic N) is 1. The van der Waals surface area contributed by atoms with Crippen molar-refractivity contribution in [3.63, 3.8) is 0 Å². The van der Waals surface area contributed by atoms with E-state index in [1.807, 2.05) is 33.3 Å². The number of phosphoric ester groups is 1. The number of esters is 1. The Morgan fingerprint density at radius 1 is 0.456 bits per heavy atom. The molecule has 0 heterocycles. The molecule has 10 heteroatoms. The molecule has 0 saturated heterocycles. The minimum atomic E-state index is -4.72. The number of rotatable bonds is 57. The molecule has 0 fully saturated rings. The number of carbonyl (C=O) groups excluding carboxylic acids is 2. The summed E-state index contributed by atoms with van der Waals surface area (Å²) in [7, 11) is 1.15. The molecule has 0 aromatic rings. The summed E-state index contributed by atoms with van der Waals surface area (Å²) in [5.74, 6) is -0.582. The van der Waals surface area contributed by atoms with Gasteiger partial charge in [0.1, 0.15) is 19.3 Å². The smallest absolute Gasteiger partial charge is 0.306 e. The summed E-state index contributed by atoms with van der Waals surface area (Å²) in [6, 6.07) is -0.911. The zero-order valence-corrected chi connectivity index (χ0v) is 52.7. The lowest BCUT2D eigenvalue weighted by Crippen LogP contribution is -2.47. The summed E-state index contributed by atoms with van der Waals surface area (Å²) >= 11 is 0. The van der Waals surface area contributed by atoms with E-state index in [4.69, 9.17) is 13.8 Å². The summed E-state index contributed by atoms with van der Waals surface area (Å²) in [6.45, 7) is 6.68. The fraction of sp³-hybridized carbons (Fsp3) is 0.710. The first-order valence-electron chi connectivity index (χ1n) is 32.2. The molecule has 0 aliphatic rings. The van der Waals surface area contributed by atoms with Gasteiger partial charge >= 0.3 is 5.97 Å². The number of hydrogen-bond donors (Lipinski definition) is 1. The highest BCUT2D eigenvalue weighted by molar-refractivity contribution is 7.45. The van der Waals surface area contributed by atoms with Crippen LogP contribution in [0.2, 0.25) is 0 Å². The number of likely N-dealkylation sites (N-methyl/N-ethyl adjacent to an activating group) is 1. The number of amides is 1. The zero-order chi connectivity index (χ0) is 57.9. The van der Waals surface area contributed by atoms with E-state index in [1.54, 1.807) is 0 Å². The quantitative estimate of drug-likeness (QED) is 0.0212. The molecule has 0 radical (unpaired) electrons. The van der Waals surface area contributed by atoms with Crippen molar-refractivity contribution in [2.24, 2.45) is 0 Å². The number of quaternary nitrogens is 1. The third-order valence-electron chi connectivity index (χ3n) is 13.7. The van der Waals surface area contributed by atoms with Crippen LogP contribution in [-0.2, 0) is 27.9 Å². The van der Waals surface area contributed by atoms with Gasteiger partial charge in [-0.3, -0.25) is 14.2 Å². The number of nitrogens with one attached hydrogen (secondary N) is 1. The van der Waals surface area contributed by atoms with Gasteiger partial charge in [0.15, 0.2) is 0 Å². The van der Waals surface area contributed by atoms with Crippen LogP contribution >= 0.6 is 7.82 Å². The van der Waals surface area contributed by atoms with Crippen LogP contribution in [-0.4, -0.2) is 69.4 Å². The third kappa shape index (κ3) is 59.1. The monoisotopic (exact) mass is 1120 g/mol. The van der Waals surface area contributed by atoms with Gasteiger partial charge in [-0.1, -0.05) is 246 Å². The normalized spacial score (nSPS) is 14.4. The number of ether oxygens (including phenoxy) is 1. The Hall–Kier alpha value is -3.33. The molecule has 454 valence electrons. The molecular weight excluding hydrogens is 1000 g/mol. The maximum Gasteiger partial charge on any atom is 0.306 e. The van der Waals surface area contributed by atoms with E-state index in [0.717, 1.165) is 122 Å². The predicted molar refractivity (Wildman–Crippen MR) is 339 cm³/mol. The lowest BCUT2D eigenvalue weighted by atomic mass is 10.0. The first kappa shape index (κ1) is 75.7. The van der Waals surface area contributed by atoms with Gasteiger partial charge in [-0.15, -0.1) is 0 Å². The van der Waals surface area contributed by atoms with Gasteiger partial charge in [0.25, 0.3) is 7.82 Å². The number of phosphoric acid groups is 1. The molecule has 0 aliphatic carbocycles. The van der Waals surface area contributed by atoms with Crippen molar-refractivity contribution < 1.29 is 37.3 Å². The maximum atomic E-state index is 13.6. The Balaban J connectivity index is 5.30. The van der Waals surface area contributed by atoms with Gasteiger partial charge in [-0.05, 0) is 115 Å². The van der Waals surface area contributed by atoms with Crippen molar-refractivity contribution in [3.8, 4) is 0 Å². The molecule has 3 atom stereocenters. The van der Waals surface area contributed by atoms with Gasteiger partial charge in [0, 0.05) is 12.8 Å². The zero-order valence-electron chi connectivity index (χ0n) is 51.8. The van der Waals surface area contributed by atoms with Crippen molar-refractivity contribution in [1.29, 1.82) is 0 Å². The van der Waals surface area contributed by atoms with Crippen LogP contribution < -0.4 is 10.2 Å². The lowest BCUT2D eigenvalue weighted by Gasteiger charge is -2.30. The van der Waals surface area contributed by atoms with E-state index in [1.165, 1.54) is 103 Å². The van der Waals surface area contributed by atoms with Crippen molar-refractivity contribution in [1.82, 2.24) is 5.32 Å². The van der Waals surface area contributed by atoms with E-state index in [2.05, 4.69) is 123 Å². The van der Waals surface area contributed by atoms with Gasteiger partial charge in [0.05, 0.1) is 33.8 Å². The van der Waals surface area contributed by atoms with Gasteiger partial charge in [-0.2, -0.15) is 0 Å². The summed E-state index contributed by atoms with van der Waals surface area (Å²) in [4.78, 5) is 40.1. The van der Waals surface area contributed by atoms with Crippen LogP contribution in [0.5, 0.6) is 0 Å². The molecule has 0 aliphatic heterocycles. The minimum absolute atomic E-state index is 0.0339. The topological polar surface area (TPSA) is 114 Å². The Bertz CT molecular complexity index is 1720. The van der Waals surface area contributed by atoms with E-state index >= 15 is 0 Å². The first-order chi connectivity index (χ1) is 38.4. The van der Waals surface area contributed by atoms with Gasteiger partial charge in [-0.25, -0.2) is 0 Å². The second kappa shape index (κ2) is 57.9. The molecular formula is C69H121N2O7P. The second-order valence-corrected chi connectivity index (χ2v) is 23.9. The minimum Gasteiger partial charge on any atom is -0.756 e. The van der Waals surface area contributed by atoms with Crippen LogP contribution in [0.1, 0.15) is 265 Å². The highest BCUT2D eigenvalue weighted by Crippen LogP contribution is 2.38. The lowest BCUT2D eigenvalue weighted by molar-refractivity contribution is -0.870. The molecule has 0 bridgehead atoms. The maximum absolute atomic E-state index is 13.6. The third-order valence-corrected chi connectivity index (χ3v) is 14.7. The van der Waals surface area contributed by atoms with Crippen molar-refractivity contribution in [3.05, 3.63) is 109 Å². The molecule has 0 rings (SSSR count). The molecule has 0 spiro atoms. The fourth-order valence-electron chi connectivity index (χ4n) is 8.73. The SMILES string of the molecule is CC/C=C\C/C=C\C/C=C\C/C=C\C/C=C\CCCCCCCCCC(=O)NC(COP(=O)([O-])OCC[N+](C)(C)C)C(/C=C\CCCCCCCCCCCCC)OC(=O)CCCCCC/C=C\C/C=C\C/C=C\CCCCC. The summed E-state index contributed by atoms with van der Waals surface area (Å²) in [6.07, 6.45) is 79.1. The van der Waals surface area contributed by atoms with Crippen molar-refractivity contribution in [2.75, 3.05) is 40.9 Å². The van der Waals surface area contributed by atoms with Gasteiger partial charge in [0.2, 0.25) is 5.91 Å². The molecule has 9 nitrogen and oxygen atoms in total. The molecule has 0 saturated carbocycles. The highest BCUT2D eigenvalue weighted by atomic mass is 31.2. The fourth-order valence-corrected chi connectivity index (χ4v) is 9.45. The van der Waals surface area contributed by atoms with Crippen LogP contribution in [0.3, 0.4) is 0 Å². The molecule has 0 aromatic heterocycles. The van der Waals surface area contributed by atoms with E-state index < -0.39 is 26.6 Å². The summed E-state index contributed by atoms with van der Waals surface area (Å²) in [5, 5.41) is 3.02. The van der Waals surface area contributed by atoms with Crippen molar-refractivity contribution in [2.45, 2.75) is 277 Å². The Morgan fingerprint density at radius 3 is 1.24 bits per heavy atom. The summed E-state index contributed by atoms with van der Waals surface area (Å²) in [5.41, 5.74) is 0. The summed E-state index contributed by atoms with van der Waals surface area (Å²) < 4.78 is 30.3. The standard InChI is InChI=1S/C69H121N2O7P/c1-7-10-13-16-19-22-25-28-30-32-33-34-35-36-37-39-40-43-46-49-52-55-58-61-68(72)70-66(65-77-79(74,75)76-64-63-71(4,5)6)67(60-57-54-51-48-45-42-27-24-21-18-15-12-9-3)78-69(73)62-59-56-53-50-47-44-41-38-31-29-26-23-20-17-14-11-8-2/h10,13,19-20,22-23,28-31,33-34,36-37,41,44,57,60,66-67H,7-9,11-12,14-18,21,24-27,32,35,38-40,42-43,45-56,58-59,61-65H2,1-6H3,(H-,70,72,74,75)/b13-10-,22-19-,23-20-,30-28-,31-29-,34-33-,37-36-,44-41-,60-57-. The number of carbonyl (C=O) groups is 2. The Kier molecular flexibility index (Phi) is 55.4. The average Bonchev–Trinajstić information content (AvgIpc) is 3.41. The first-order valence-corrected chi connectivity index (χ1v) is 33.7. The van der Waals surface area contributed by atoms with Crippen LogP contribution in [0.15, 0.2) is 109 Å². The van der Waals surface area contributed by atoms with Crippen LogP contribution in [0.25, 0.3) is 0 Å². The van der Waals surface area contributed by atoms with Crippen LogP contribution in [0, 0.1) is 0 Å². The number of hydrogen-bond acceptors (Lipinski definition) is 7. The largest absolute Gasteiger partial charge is 0.756 e. The Labute approximate surface area is 487 Å². The molecule has 3 unspecified atom stereocenters. The second-order valence-electron chi connectivity index (χ2n) is 22.5.